The third-order valence-electron chi connectivity index (χ3n) is 4.14. The summed E-state index contributed by atoms with van der Waals surface area (Å²) in [4.78, 5) is 11.6. The van der Waals surface area contributed by atoms with Gasteiger partial charge in [-0.25, -0.2) is 0 Å². The van der Waals surface area contributed by atoms with Crippen molar-refractivity contribution in [2.75, 3.05) is 20.0 Å². The van der Waals surface area contributed by atoms with Crippen LogP contribution in [0.4, 0.5) is 0 Å². The molecule has 1 rings (SSSR count). The third kappa shape index (κ3) is 13.9. The van der Waals surface area contributed by atoms with E-state index in [-0.39, 0.29) is 12.1 Å². The zero-order chi connectivity index (χ0) is 18.7. The quantitative estimate of drug-likeness (QED) is 0.219. The molecule has 0 radical (unpaired) electrons. The molecule has 1 heterocycles. The van der Waals surface area contributed by atoms with Crippen molar-refractivity contribution in [3.8, 4) is 0 Å². The Bertz CT molecular complexity index is 420. The summed E-state index contributed by atoms with van der Waals surface area (Å²) in [6, 6.07) is 0. The first-order chi connectivity index (χ1) is 12.8. The van der Waals surface area contributed by atoms with Gasteiger partial charge in [0.15, 0.2) is 0 Å². The van der Waals surface area contributed by atoms with E-state index in [9.17, 15) is 4.79 Å². The Morgan fingerprint density at radius 3 is 2.23 bits per heavy atom. The van der Waals surface area contributed by atoms with Gasteiger partial charge in [0.1, 0.15) is 19.5 Å². The Hall–Kier alpha value is -1.39. The second-order valence-corrected chi connectivity index (χ2v) is 6.59. The van der Waals surface area contributed by atoms with Gasteiger partial charge in [0, 0.05) is 6.42 Å². The van der Waals surface area contributed by atoms with E-state index in [0.717, 1.165) is 32.1 Å². The summed E-state index contributed by atoms with van der Waals surface area (Å²) in [6.45, 7) is 3.36. The molecule has 0 aromatic heterocycles. The molecular formula is C22H36O4. The Morgan fingerprint density at radius 1 is 0.962 bits per heavy atom. The lowest BCUT2D eigenvalue weighted by molar-refractivity contribution is -0.146. The highest BCUT2D eigenvalue weighted by Gasteiger charge is 2.17. The Kier molecular flexibility index (Phi) is 14.8. The molecule has 1 atom stereocenters. The fourth-order valence-corrected chi connectivity index (χ4v) is 2.55. The third-order valence-corrected chi connectivity index (χ3v) is 4.14. The maximum absolute atomic E-state index is 11.6. The van der Waals surface area contributed by atoms with Gasteiger partial charge in [-0.1, -0.05) is 56.2 Å². The molecule has 0 aromatic rings. The number of rotatable bonds is 15. The van der Waals surface area contributed by atoms with E-state index in [4.69, 9.17) is 14.2 Å². The Balaban J connectivity index is 1.86. The fourth-order valence-electron chi connectivity index (χ4n) is 2.55. The highest BCUT2D eigenvalue weighted by atomic mass is 16.7. The number of carbonyl (C=O) groups is 1. The predicted molar refractivity (Wildman–Crippen MR) is 106 cm³/mol. The minimum absolute atomic E-state index is 0.0912. The maximum atomic E-state index is 11.6. The van der Waals surface area contributed by atoms with Crippen LogP contribution in [-0.4, -0.2) is 32.1 Å². The zero-order valence-electron chi connectivity index (χ0n) is 16.4. The molecule has 26 heavy (non-hydrogen) atoms. The molecule has 0 N–H and O–H groups in total. The van der Waals surface area contributed by atoms with Gasteiger partial charge in [0.25, 0.3) is 0 Å². The van der Waals surface area contributed by atoms with E-state index in [1.54, 1.807) is 0 Å². The first-order valence-corrected chi connectivity index (χ1v) is 10.1. The smallest absolute Gasteiger partial charge is 0.305 e. The first-order valence-electron chi connectivity index (χ1n) is 10.1. The van der Waals surface area contributed by atoms with Crippen LogP contribution in [0.15, 0.2) is 36.5 Å². The normalized spacial score (nSPS) is 17.8. The van der Waals surface area contributed by atoms with Crippen LogP contribution in [0.25, 0.3) is 0 Å². The van der Waals surface area contributed by atoms with E-state index in [1.807, 2.05) is 0 Å². The zero-order valence-corrected chi connectivity index (χ0v) is 16.4. The average molecular weight is 365 g/mol. The molecular weight excluding hydrogens is 328 g/mol. The summed E-state index contributed by atoms with van der Waals surface area (Å²) in [5.74, 6) is -0.143. The molecule has 1 fully saturated rings. The molecule has 1 aliphatic heterocycles. The van der Waals surface area contributed by atoms with Crippen LogP contribution in [0.3, 0.4) is 0 Å². The van der Waals surface area contributed by atoms with Crippen molar-refractivity contribution in [1.29, 1.82) is 0 Å². The van der Waals surface area contributed by atoms with Gasteiger partial charge in [0.2, 0.25) is 0 Å². The molecule has 4 nitrogen and oxygen atoms in total. The molecule has 148 valence electrons. The second-order valence-electron chi connectivity index (χ2n) is 6.59. The van der Waals surface area contributed by atoms with Gasteiger partial charge >= 0.3 is 5.97 Å². The molecule has 0 spiro atoms. The van der Waals surface area contributed by atoms with E-state index >= 15 is 0 Å². The Labute approximate surface area is 159 Å². The van der Waals surface area contributed by atoms with Crippen LogP contribution in [0.2, 0.25) is 0 Å². The number of hydrogen-bond donors (Lipinski definition) is 0. The Morgan fingerprint density at radius 2 is 1.62 bits per heavy atom. The molecule has 0 aromatic carbocycles. The van der Waals surface area contributed by atoms with Gasteiger partial charge in [-0.15, -0.1) is 0 Å². The SMILES string of the molecule is CCCCC/C=C\C/C=C\C/C=C\CCCCC(=O)OCC1COCO1. The highest BCUT2D eigenvalue weighted by molar-refractivity contribution is 5.69. The van der Waals surface area contributed by atoms with Gasteiger partial charge in [-0.05, 0) is 44.9 Å². The summed E-state index contributed by atoms with van der Waals surface area (Å²) >= 11 is 0. The van der Waals surface area contributed by atoms with E-state index in [2.05, 4.69) is 43.4 Å². The number of carbonyl (C=O) groups excluding carboxylic acids is 1. The van der Waals surface area contributed by atoms with Crippen molar-refractivity contribution in [2.45, 2.75) is 77.2 Å². The van der Waals surface area contributed by atoms with E-state index in [1.165, 1.54) is 25.7 Å². The molecule has 1 unspecified atom stereocenters. The lowest BCUT2D eigenvalue weighted by atomic mass is 10.1. The summed E-state index contributed by atoms with van der Waals surface area (Å²) in [7, 11) is 0. The van der Waals surface area contributed by atoms with Gasteiger partial charge in [-0.2, -0.15) is 0 Å². The van der Waals surface area contributed by atoms with Crippen molar-refractivity contribution in [2.24, 2.45) is 0 Å². The van der Waals surface area contributed by atoms with Gasteiger partial charge in [0.05, 0.1) is 6.61 Å². The minimum atomic E-state index is -0.143. The number of allylic oxidation sites excluding steroid dienone is 6. The number of esters is 1. The lowest BCUT2D eigenvalue weighted by Gasteiger charge is -2.08. The topological polar surface area (TPSA) is 44.8 Å². The molecule has 0 saturated carbocycles. The van der Waals surface area contributed by atoms with Crippen molar-refractivity contribution >= 4 is 5.97 Å². The molecule has 0 amide bonds. The molecule has 1 aliphatic rings. The molecule has 1 saturated heterocycles. The van der Waals surface area contributed by atoms with Crippen molar-refractivity contribution in [3.63, 3.8) is 0 Å². The minimum Gasteiger partial charge on any atom is -0.463 e. The largest absolute Gasteiger partial charge is 0.463 e. The van der Waals surface area contributed by atoms with Crippen LogP contribution in [-0.2, 0) is 19.0 Å². The summed E-state index contributed by atoms with van der Waals surface area (Å²) in [6.07, 6.45) is 23.8. The summed E-state index contributed by atoms with van der Waals surface area (Å²) < 4.78 is 15.4. The van der Waals surface area contributed by atoms with Gasteiger partial charge in [-0.3, -0.25) is 4.79 Å². The molecule has 4 heteroatoms. The second kappa shape index (κ2) is 17.0. The van der Waals surface area contributed by atoms with E-state index in [0.29, 0.717) is 26.4 Å². The van der Waals surface area contributed by atoms with Gasteiger partial charge < -0.3 is 14.2 Å². The fraction of sp³-hybridized carbons (Fsp3) is 0.682. The van der Waals surface area contributed by atoms with Crippen LogP contribution in [0, 0.1) is 0 Å². The number of unbranched alkanes of at least 4 members (excludes halogenated alkanes) is 5. The lowest BCUT2D eigenvalue weighted by Crippen LogP contribution is -2.20. The monoisotopic (exact) mass is 364 g/mol. The maximum Gasteiger partial charge on any atom is 0.305 e. The summed E-state index contributed by atoms with van der Waals surface area (Å²) in [5.41, 5.74) is 0. The van der Waals surface area contributed by atoms with Crippen molar-refractivity contribution < 1.29 is 19.0 Å². The van der Waals surface area contributed by atoms with Crippen LogP contribution < -0.4 is 0 Å². The standard InChI is InChI=1S/C22H36O4/c1-2-3-4-5-6-7-8-9-10-11-12-13-14-15-16-17-22(23)25-19-21-18-24-20-26-21/h6-7,9-10,12-13,21H,2-5,8,11,14-20H2,1H3/b7-6-,10-9-,13-12-. The van der Waals surface area contributed by atoms with E-state index < -0.39 is 0 Å². The van der Waals surface area contributed by atoms with Crippen LogP contribution in [0.5, 0.6) is 0 Å². The number of hydrogen-bond acceptors (Lipinski definition) is 4. The average Bonchev–Trinajstić information content (AvgIpc) is 3.17. The summed E-state index contributed by atoms with van der Waals surface area (Å²) in [5, 5.41) is 0. The predicted octanol–water partition coefficient (Wildman–Crippen LogP) is 5.49. The first kappa shape index (κ1) is 22.7. The van der Waals surface area contributed by atoms with Crippen molar-refractivity contribution in [1.82, 2.24) is 0 Å². The number of ether oxygens (including phenoxy) is 3. The van der Waals surface area contributed by atoms with Crippen LogP contribution in [0.1, 0.15) is 71.1 Å². The van der Waals surface area contributed by atoms with Crippen LogP contribution >= 0.6 is 0 Å². The molecule has 0 aliphatic carbocycles. The molecule has 0 bridgehead atoms. The van der Waals surface area contributed by atoms with Crippen molar-refractivity contribution in [3.05, 3.63) is 36.5 Å². The highest BCUT2D eigenvalue weighted by Crippen LogP contribution is 2.06.